The fourth-order valence-electron chi connectivity index (χ4n) is 12.5. The van der Waals surface area contributed by atoms with Crippen LogP contribution in [0.15, 0.2) is 11.6 Å². The molecule has 0 saturated heterocycles. The molecule has 40 heavy (non-hydrogen) atoms. The minimum atomic E-state index is -1.04. The van der Waals surface area contributed by atoms with Crippen LogP contribution in [-0.2, 0) is 14.3 Å². The first-order chi connectivity index (χ1) is 18.0. The Morgan fingerprint density at radius 2 is 1.52 bits per heavy atom. The SMILES string of the molecule is CC(=O)O[C@]1(C(C)(C)C)C(O)C[C@@]2(C)C(CC[C@]3(C)[C@@H]2C(=O)C=C2[C@@H]4CC(C)(C)CC[C@]4(C)CC[C@]23C)C1(C)C. The molecule has 0 spiro atoms. The highest BCUT2D eigenvalue weighted by atomic mass is 16.6. The van der Waals surface area contributed by atoms with Gasteiger partial charge >= 0.3 is 5.97 Å². The van der Waals surface area contributed by atoms with Crippen molar-refractivity contribution >= 4 is 11.8 Å². The Morgan fingerprint density at radius 1 is 0.925 bits per heavy atom. The van der Waals surface area contributed by atoms with Gasteiger partial charge in [-0.2, -0.15) is 0 Å². The first-order valence-electron chi connectivity index (χ1n) is 16.2. The molecule has 4 saturated carbocycles. The first-order valence-corrected chi connectivity index (χ1v) is 16.2. The third-order valence-electron chi connectivity index (χ3n) is 14.4. The predicted octanol–water partition coefficient (Wildman–Crippen LogP) is 8.31. The number of aliphatic hydroxyl groups excluding tert-OH is 1. The molecule has 4 fully saturated rings. The molecule has 4 nitrogen and oxygen atoms in total. The van der Waals surface area contributed by atoms with Crippen LogP contribution in [0.2, 0.25) is 0 Å². The lowest BCUT2D eigenvalue weighted by Crippen LogP contribution is -2.75. The third-order valence-corrected chi connectivity index (χ3v) is 14.4. The molecule has 5 rings (SSSR count). The van der Waals surface area contributed by atoms with E-state index in [1.165, 1.54) is 38.2 Å². The Morgan fingerprint density at radius 3 is 2.10 bits per heavy atom. The normalized spacial score (nSPS) is 49.5. The zero-order valence-corrected chi connectivity index (χ0v) is 27.7. The molecule has 0 aliphatic heterocycles. The standard InChI is InChI=1S/C36H58O4/c1-22(37)40-36(29(2,3)4)27(39)21-33(10)26(31(36,7)8)13-14-35(12)28(33)25(38)19-23-24-20-30(5,6)15-16-32(24,9)17-18-34(23,35)11/h19,24,26-28,39H,13-18,20-21H2,1-12H3/t24-,26?,27?,28+,32+,33-,34+,35+,36-/m0/s1. The molecule has 5 aliphatic carbocycles. The molecule has 1 N–H and O–H groups in total. The Labute approximate surface area is 244 Å². The second kappa shape index (κ2) is 8.48. The van der Waals surface area contributed by atoms with Crippen molar-refractivity contribution in [2.24, 2.45) is 55.7 Å². The van der Waals surface area contributed by atoms with Crippen molar-refractivity contribution in [2.45, 2.75) is 146 Å². The van der Waals surface area contributed by atoms with Crippen LogP contribution in [0.4, 0.5) is 0 Å². The van der Waals surface area contributed by atoms with E-state index in [2.05, 4.69) is 82.2 Å². The van der Waals surface area contributed by atoms with E-state index in [0.717, 1.165) is 19.3 Å². The molecule has 0 aromatic carbocycles. The van der Waals surface area contributed by atoms with Crippen molar-refractivity contribution in [1.29, 1.82) is 0 Å². The molecule has 9 atom stereocenters. The first kappa shape index (κ1) is 30.3. The molecule has 0 radical (unpaired) electrons. The molecule has 0 heterocycles. The van der Waals surface area contributed by atoms with Gasteiger partial charge in [0, 0.05) is 23.7 Å². The smallest absolute Gasteiger partial charge is 0.303 e. The molecule has 226 valence electrons. The number of carbonyl (C=O) groups excluding carboxylic acids is 2. The number of fused-ring (bicyclic) bond motifs is 7. The Hall–Kier alpha value is -1.16. The van der Waals surface area contributed by atoms with E-state index in [4.69, 9.17) is 4.74 Å². The number of aliphatic hydroxyl groups is 1. The summed E-state index contributed by atoms with van der Waals surface area (Å²) in [7, 11) is 0. The summed E-state index contributed by atoms with van der Waals surface area (Å²) < 4.78 is 6.26. The van der Waals surface area contributed by atoms with Gasteiger partial charge in [-0.25, -0.2) is 0 Å². The molecule has 5 aliphatic rings. The number of hydrogen-bond donors (Lipinski definition) is 1. The molecular weight excluding hydrogens is 496 g/mol. The number of rotatable bonds is 1. The molecule has 0 bridgehead atoms. The molecule has 2 unspecified atom stereocenters. The summed E-state index contributed by atoms with van der Waals surface area (Å²) in [6, 6.07) is 0. The van der Waals surface area contributed by atoms with Crippen LogP contribution in [-0.4, -0.2) is 28.6 Å². The van der Waals surface area contributed by atoms with Crippen LogP contribution < -0.4 is 0 Å². The van der Waals surface area contributed by atoms with Gasteiger partial charge < -0.3 is 9.84 Å². The van der Waals surface area contributed by atoms with Gasteiger partial charge in [-0.05, 0) is 96.4 Å². The summed E-state index contributed by atoms with van der Waals surface area (Å²) in [4.78, 5) is 27.2. The topological polar surface area (TPSA) is 63.6 Å². The van der Waals surface area contributed by atoms with Gasteiger partial charge in [-0.3, -0.25) is 9.59 Å². The van der Waals surface area contributed by atoms with E-state index in [-0.39, 0.29) is 45.2 Å². The average Bonchev–Trinajstić information content (AvgIpc) is 2.77. The van der Waals surface area contributed by atoms with Crippen molar-refractivity contribution in [3.8, 4) is 0 Å². The monoisotopic (exact) mass is 554 g/mol. The van der Waals surface area contributed by atoms with Crippen LogP contribution in [0.3, 0.4) is 0 Å². The summed E-state index contributed by atoms with van der Waals surface area (Å²) in [5.41, 5.74) is -0.577. The van der Waals surface area contributed by atoms with Gasteiger partial charge in [-0.1, -0.05) is 81.7 Å². The minimum Gasteiger partial charge on any atom is -0.455 e. The van der Waals surface area contributed by atoms with Crippen LogP contribution in [0.25, 0.3) is 0 Å². The lowest BCUT2D eigenvalue weighted by molar-refractivity contribution is -0.302. The minimum absolute atomic E-state index is 0.0271. The number of carbonyl (C=O) groups is 2. The van der Waals surface area contributed by atoms with Gasteiger partial charge in [-0.15, -0.1) is 0 Å². The number of esters is 1. The van der Waals surface area contributed by atoms with Gasteiger partial charge in [0.1, 0.15) is 5.60 Å². The zero-order chi connectivity index (χ0) is 30.1. The average molecular weight is 555 g/mol. The van der Waals surface area contributed by atoms with Gasteiger partial charge in [0.25, 0.3) is 0 Å². The summed E-state index contributed by atoms with van der Waals surface area (Å²) in [5, 5.41) is 12.1. The van der Waals surface area contributed by atoms with Gasteiger partial charge in [0.15, 0.2) is 5.78 Å². The molecule has 0 aromatic rings. The van der Waals surface area contributed by atoms with Crippen molar-refractivity contribution in [3.05, 3.63) is 11.6 Å². The second-order valence-electron chi connectivity index (χ2n) is 18.4. The van der Waals surface area contributed by atoms with E-state index in [1.807, 2.05) is 0 Å². The largest absolute Gasteiger partial charge is 0.455 e. The third kappa shape index (κ3) is 3.59. The maximum absolute atomic E-state index is 14.6. The Bertz CT molecular complexity index is 1140. The molecule has 4 heteroatoms. The van der Waals surface area contributed by atoms with E-state index in [9.17, 15) is 14.7 Å². The summed E-state index contributed by atoms with van der Waals surface area (Å²) in [6.45, 7) is 26.6. The summed E-state index contributed by atoms with van der Waals surface area (Å²) in [5.74, 6) is 0.394. The highest BCUT2D eigenvalue weighted by Crippen LogP contribution is 2.76. The fourth-order valence-corrected chi connectivity index (χ4v) is 12.5. The maximum atomic E-state index is 14.6. The highest BCUT2D eigenvalue weighted by Gasteiger charge is 2.75. The van der Waals surface area contributed by atoms with Crippen molar-refractivity contribution in [1.82, 2.24) is 0 Å². The lowest BCUT2D eigenvalue weighted by Gasteiger charge is -2.73. The number of allylic oxidation sites excluding steroid dienone is 2. The Kier molecular flexibility index (Phi) is 6.42. The summed E-state index contributed by atoms with van der Waals surface area (Å²) >= 11 is 0. The summed E-state index contributed by atoms with van der Waals surface area (Å²) in [6.07, 6.45) is 9.77. The van der Waals surface area contributed by atoms with Gasteiger partial charge in [0.05, 0.1) is 6.10 Å². The zero-order valence-electron chi connectivity index (χ0n) is 27.7. The molecule has 0 aromatic heterocycles. The highest BCUT2D eigenvalue weighted by molar-refractivity contribution is 5.95. The van der Waals surface area contributed by atoms with Crippen LogP contribution >= 0.6 is 0 Å². The second-order valence-corrected chi connectivity index (χ2v) is 18.4. The van der Waals surface area contributed by atoms with Gasteiger partial charge in [0.2, 0.25) is 0 Å². The van der Waals surface area contributed by atoms with Crippen molar-refractivity contribution in [2.75, 3.05) is 0 Å². The van der Waals surface area contributed by atoms with E-state index in [1.54, 1.807) is 0 Å². The van der Waals surface area contributed by atoms with Crippen molar-refractivity contribution in [3.63, 3.8) is 0 Å². The van der Waals surface area contributed by atoms with E-state index < -0.39 is 22.5 Å². The quantitative estimate of drug-likeness (QED) is 0.331. The lowest BCUT2D eigenvalue weighted by atomic mass is 9.31. The van der Waals surface area contributed by atoms with Crippen molar-refractivity contribution < 1.29 is 19.4 Å². The van der Waals surface area contributed by atoms with Crippen LogP contribution in [0.5, 0.6) is 0 Å². The Balaban J connectivity index is 1.64. The number of ketones is 1. The molecular formula is C36H58O4. The number of ether oxygens (including phenoxy) is 1. The molecule has 0 amide bonds. The van der Waals surface area contributed by atoms with E-state index in [0.29, 0.717) is 17.8 Å². The number of hydrogen-bond acceptors (Lipinski definition) is 4. The van der Waals surface area contributed by atoms with E-state index >= 15 is 0 Å². The van der Waals surface area contributed by atoms with Crippen LogP contribution in [0.1, 0.15) is 134 Å². The fraction of sp³-hybridized carbons (Fsp3) is 0.889. The van der Waals surface area contributed by atoms with Crippen LogP contribution in [0, 0.1) is 55.7 Å². The maximum Gasteiger partial charge on any atom is 0.303 e. The predicted molar refractivity (Wildman–Crippen MR) is 160 cm³/mol.